The van der Waals surface area contributed by atoms with Crippen LogP contribution in [0.15, 0.2) is 17.2 Å². The molecule has 0 bridgehead atoms. The fourth-order valence-electron chi connectivity index (χ4n) is 3.31. The zero-order chi connectivity index (χ0) is 14.0. The highest BCUT2D eigenvalue weighted by molar-refractivity contribution is 5.26. The highest BCUT2D eigenvalue weighted by atomic mass is 16.5. The summed E-state index contributed by atoms with van der Waals surface area (Å²) in [7, 11) is 0. The number of allylic oxidation sites excluding steroid dienone is 1. The Hall–Kier alpha value is -1.09. The summed E-state index contributed by atoms with van der Waals surface area (Å²) in [4.78, 5) is 2.59. The second kappa shape index (κ2) is 5.49. The minimum Gasteiger partial charge on any atom is -0.361 e. The lowest BCUT2D eigenvalue weighted by Crippen LogP contribution is -2.34. The SMILES string of the molecule is C=CCC(C)(C)CN1CCC[C@H]1c1c(C)noc1C. The number of nitrogens with zero attached hydrogens (tertiary/aromatic N) is 2. The molecule has 3 heteroatoms. The van der Waals surface area contributed by atoms with Gasteiger partial charge in [0.2, 0.25) is 0 Å². The maximum Gasteiger partial charge on any atom is 0.138 e. The van der Waals surface area contributed by atoms with Crippen molar-refractivity contribution in [3.8, 4) is 0 Å². The van der Waals surface area contributed by atoms with Crippen LogP contribution in [0.25, 0.3) is 0 Å². The van der Waals surface area contributed by atoms with Gasteiger partial charge >= 0.3 is 0 Å². The summed E-state index contributed by atoms with van der Waals surface area (Å²) >= 11 is 0. The average Bonchev–Trinajstić information content (AvgIpc) is 2.86. The molecular weight excluding hydrogens is 236 g/mol. The van der Waals surface area contributed by atoms with Gasteiger partial charge in [-0.15, -0.1) is 6.58 Å². The van der Waals surface area contributed by atoms with Gasteiger partial charge in [0.25, 0.3) is 0 Å². The van der Waals surface area contributed by atoms with Crippen LogP contribution < -0.4 is 0 Å². The Morgan fingerprint density at radius 3 is 2.79 bits per heavy atom. The highest BCUT2D eigenvalue weighted by Crippen LogP contribution is 2.38. The van der Waals surface area contributed by atoms with Crippen LogP contribution in [0.5, 0.6) is 0 Å². The van der Waals surface area contributed by atoms with Gasteiger partial charge in [0, 0.05) is 18.2 Å². The van der Waals surface area contributed by atoms with Crippen LogP contribution in [0.4, 0.5) is 0 Å². The first-order chi connectivity index (χ1) is 8.94. The molecule has 1 atom stereocenters. The largest absolute Gasteiger partial charge is 0.361 e. The Bertz CT molecular complexity index is 428. The van der Waals surface area contributed by atoms with Crippen LogP contribution in [-0.4, -0.2) is 23.1 Å². The third-order valence-corrected chi connectivity index (χ3v) is 4.11. The monoisotopic (exact) mass is 262 g/mol. The molecule has 0 radical (unpaired) electrons. The van der Waals surface area contributed by atoms with Crippen LogP contribution in [0.2, 0.25) is 0 Å². The third kappa shape index (κ3) is 3.08. The van der Waals surface area contributed by atoms with Gasteiger partial charge in [0.05, 0.1) is 5.69 Å². The molecule has 1 aliphatic heterocycles. The number of likely N-dealkylation sites (tertiary alicyclic amines) is 1. The lowest BCUT2D eigenvalue weighted by atomic mass is 9.88. The van der Waals surface area contributed by atoms with Gasteiger partial charge in [0.15, 0.2) is 0 Å². The van der Waals surface area contributed by atoms with Crippen molar-refractivity contribution in [2.45, 2.75) is 53.0 Å². The van der Waals surface area contributed by atoms with E-state index < -0.39 is 0 Å². The van der Waals surface area contributed by atoms with E-state index in [1.165, 1.54) is 24.9 Å². The zero-order valence-electron chi connectivity index (χ0n) is 12.7. The van der Waals surface area contributed by atoms with Gasteiger partial charge in [-0.05, 0) is 45.1 Å². The van der Waals surface area contributed by atoms with Gasteiger partial charge in [0.1, 0.15) is 5.76 Å². The number of hydrogen-bond acceptors (Lipinski definition) is 3. The molecule has 0 aromatic carbocycles. The van der Waals surface area contributed by atoms with Crippen molar-refractivity contribution in [3.63, 3.8) is 0 Å². The first-order valence-electron chi connectivity index (χ1n) is 7.22. The van der Waals surface area contributed by atoms with Crippen molar-refractivity contribution < 1.29 is 4.52 Å². The molecule has 0 amide bonds. The van der Waals surface area contributed by atoms with Gasteiger partial charge in [-0.3, -0.25) is 4.90 Å². The fraction of sp³-hybridized carbons (Fsp3) is 0.688. The third-order valence-electron chi connectivity index (χ3n) is 4.11. The zero-order valence-corrected chi connectivity index (χ0v) is 12.7. The first kappa shape index (κ1) is 14.3. The molecular formula is C16H26N2O. The van der Waals surface area contributed by atoms with Crippen molar-refractivity contribution in [2.75, 3.05) is 13.1 Å². The quantitative estimate of drug-likeness (QED) is 0.750. The maximum absolute atomic E-state index is 5.34. The summed E-state index contributed by atoms with van der Waals surface area (Å²) in [5.41, 5.74) is 2.64. The van der Waals surface area contributed by atoms with E-state index in [0.29, 0.717) is 6.04 Å². The smallest absolute Gasteiger partial charge is 0.138 e. The highest BCUT2D eigenvalue weighted by Gasteiger charge is 2.33. The van der Waals surface area contributed by atoms with Crippen molar-refractivity contribution in [1.82, 2.24) is 10.1 Å². The van der Waals surface area contributed by atoms with Crippen LogP contribution >= 0.6 is 0 Å². The fourth-order valence-corrected chi connectivity index (χ4v) is 3.31. The lowest BCUT2D eigenvalue weighted by molar-refractivity contribution is 0.165. The molecule has 1 fully saturated rings. The summed E-state index contributed by atoms with van der Waals surface area (Å²) < 4.78 is 5.34. The number of aryl methyl sites for hydroxylation is 2. The van der Waals surface area contributed by atoms with Gasteiger partial charge in [-0.1, -0.05) is 25.1 Å². The molecule has 106 valence electrons. The minimum atomic E-state index is 0.281. The second-order valence-electron chi connectivity index (χ2n) is 6.52. The molecule has 0 aliphatic carbocycles. The number of rotatable bonds is 5. The van der Waals surface area contributed by atoms with Gasteiger partial charge in [-0.2, -0.15) is 0 Å². The molecule has 0 N–H and O–H groups in total. The Balaban J connectivity index is 2.16. The molecule has 1 aromatic rings. The Morgan fingerprint density at radius 1 is 1.47 bits per heavy atom. The number of hydrogen-bond donors (Lipinski definition) is 0. The van der Waals surface area contributed by atoms with Crippen LogP contribution in [0, 0.1) is 19.3 Å². The summed E-state index contributed by atoms with van der Waals surface area (Å²) in [6, 6.07) is 0.482. The van der Waals surface area contributed by atoms with Crippen LogP contribution in [0.3, 0.4) is 0 Å². The first-order valence-corrected chi connectivity index (χ1v) is 7.22. The summed E-state index contributed by atoms with van der Waals surface area (Å²) in [6.45, 7) is 14.9. The van der Waals surface area contributed by atoms with E-state index in [9.17, 15) is 0 Å². The van der Waals surface area contributed by atoms with Crippen molar-refractivity contribution in [3.05, 3.63) is 29.7 Å². The predicted molar refractivity (Wildman–Crippen MR) is 78.1 cm³/mol. The van der Waals surface area contributed by atoms with Crippen LogP contribution in [0.1, 0.15) is 56.2 Å². The summed E-state index contributed by atoms with van der Waals surface area (Å²) in [6.07, 6.45) is 5.56. The number of aromatic nitrogens is 1. The van der Waals surface area contributed by atoms with E-state index in [1.54, 1.807) is 0 Å². The van der Waals surface area contributed by atoms with E-state index in [-0.39, 0.29) is 5.41 Å². The standard InChI is InChI=1S/C16H26N2O/c1-6-9-16(4,5)11-18-10-7-8-14(18)15-12(2)17-19-13(15)3/h6,14H,1,7-11H2,2-5H3/t14-/m0/s1. The Labute approximate surface area is 116 Å². The van der Waals surface area contributed by atoms with E-state index in [2.05, 4.69) is 37.4 Å². The second-order valence-corrected chi connectivity index (χ2v) is 6.52. The summed E-state index contributed by atoms with van der Waals surface area (Å²) in [5.74, 6) is 0.982. The molecule has 0 spiro atoms. The van der Waals surface area contributed by atoms with Crippen molar-refractivity contribution in [2.24, 2.45) is 5.41 Å². The maximum atomic E-state index is 5.34. The Morgan fingerprint density at radius 2 is 2.21 bits per heavy atom. The predicted octanol–water partition coefficient (Wildman–Crippen LogP) is 4.03. The Kier molecular flexibility index (Phi) is 4.14. The molecule has 1 saturated heterocycles. The molecule has 0 unspecified atom stereocenters. The van der Waals surface area contributed by atoms with E-state index in [1.807, 2.05) is 13.0 Å². The topological polar surface area (TPSA) is 29.3 Å². The van der Waals surface area contributed by atoms with Gasteiger partial charge < -0.3 is 4.52 Å². The molecule has 0 saturated carbocycles. The molecule has 2 heterocycles. The van der Waals surface area contributed by atoms with E-state index in [0.717, 1.165) is 24.4 Å². The molecule has 1 aromatic heterocycles. The van der Waals surface area contributed by atoms with Gasteiger partial charge in [-0.25, -0.2) is 0 Å². The summed E-state index contributed by atoms with van der Waals surface area (Å²) in [5, 5.41) is 4.11. The van der Waals surface area contributed by atoms with Crippen molar-refractivity contribution in [1.29, 1.82) is 0 Å². The lowest BCUT2D eigenvalue weighted by Gasteiger charge is -2.33. The normalized spacial score (nSPS) is 20.9. The molecule has 2 rings (SSSR count). The average molecular weight is 262 g/mol. The van der Waals surface area contributed by atoms with E-state index in [4.69, 9.17) is 4.52 Å². The minimum absolute atomic E-state index is 0.281. The molecule has 19 heavy (non-hydrogen) atoms. The van der Waals surface area contributed by atoms with Crippen molar-refractivity contribution >= 4 is 0 Å². The van der Waals surface area contributed by atoms with E-state index >= 15 is 0 Å². The van der Waals surface area contributed by atoms with Crippen LogP contribution in [-0.2, 0) is 0 Å². The molecule has 3 nitrogen and oxygen atoms in total. The molecule has 1 aliphatic rings.